The predicted molar refractivity (Wildman–Crippen MR) is 56.2 cm³/mol. The molecule has 18 heavy (non-hydrogen) atoms. The van der Waals surface area contributed by atoms with Crippen LogP contribution < -0.4 is 0 Å². The van der Waals surface area contributed by atoms with Gasteiger partial charge in [0.05, 0.1) is 0 Å². The molecule has 1 atom stereocenters. The second-order valence-electron chi connectivity index (χ2n) is 3.74. The topological polar surface area (TPSA) is 80.7 Å². The van der Waals surface area contributed by atoms with Crippen molar-refractivity contribution in [1.29, 1.82) is 0 Å². The van der Waals surface area contributed by atoms with Crippen LogP contribution in [0.15, 0.2) is 0 Å². The average Bonchev–Trinajstić information content (AvgIpc) is 2.22. The molecule has 0 unspecified atom stereocenters. The molecule has 1 N–H and O–H groups in total. The molecule has 0 heterocycles. The van der Waals surface area contributed by atoms with E-state index >= 15 is 0 Å². The molecule has 0 aliphatic rings. The van der Waals surface area contributed by atoms with Gasteiger partial charge >= 0.3 is 21.6 Å². The second kappa shape index (κ2) is 5.87. The highest BCUT2D eigenvalue weighted by molar-refractivity contribution is 7.87. The summed E-state index contributed by atoms with van der Waals surface area (Å²) in [7, 11) is -5.92. The fourth-order valence-corrected chi connectivity index (χ4v) is 2.08. The van der Waals surface area contributed by atoms with Crippen LogP contribution >= 0.6 is 0 Å². The van der Waals surface area contributed by atoms with E-state index in [0.717, 1.165) is 0 Å². The number of carboxylic acids is 1. The van der Waals surface area contributed by atoms with Crippen molar-refractivity contribution < 1.29 is 35.7 Å². The van der Waals surface area contributed by atoms with Crippen molar-refractivity contribution in [1.82, 2.24) is 0 Å². The molecule has 0 aromatic heterocycles. The van der Waals surface area contributed by atoms with Gasteiger partial charge in [-0.25, -0.2) is 8.98 Å². The summed E-state index contributed by atoms with van der Waals surface area (Å²) in [6.07, 6.45) is 0.0697. The summed E-state index contributed by atoms with van der Waals surface area (Å²) in [4.78, 5) is 11.0. The summed E-state index contributed by atoms with van der Waals surface area (Å²) in [6, 6.07) is 0. The molecule has 0 bridgehead atoms. The van der Waals surface area contributed by atoms with Crippen LogP contribution in [0.1, 0.15) is 39.5 Å². The van der Waals surface area contributed by atoms with Crippen molar-refractivity contribution in [2.24, 2.45) is 0 Å². The zero-order valence-electron chi connectivity index (χ0n) is 9.95. The van der Waals surface area contributed by atoms with Crippen molar-refractivity contribution in [3.8, 4) is 0 Å². The minimum atomic E-state index is -5.92. The van der Waals surface area contributed by atoms with Gasteiger partial charge < -0.3 is 5.11 Å². The van der Waals surface area contributed by atoms with E-state index in [1.807, 2.05) is 0 Å². The average molecular weight is 292 g/mol. The Balaban J connectivity index is 5.31. The van der Waals surface area contributed by atoms with Crippen LogP contribution in [0.25, 0.3) is 0 Å². The summed E-state index contributed by atoms with van der Waals surface area (Å²) in [6.45, 7) is 2.95. The molecule has 5 nitrogen and oxygen atoms in total. The second-order valence-corrected chi connectivity index (χ2v) is 5.28. The molecule has 0 saturated carbocycles. The maximum atomic E-state index is 12.2. The van der Waals surface area contributed by atoms with Crippen LogP contribution in [-0.2, 0) is 19.1 Å². The lowest BCUT2D eigenvalue weighted by Gasteiger charge is -2.27. The molecule has 0 spiro atoms. The summed E-state index contributed by atoms with van der Waals surface area (Å²) in [5.74, 6) is -1.72. The van der Waals surface area contributed by atoms with Gasteiger partial charge in [-0.3, -0.25) is 0 Å². The van der Waals surface area contributed by atoms with Crippen molar-refractivity contribution in [2.75, 3.05) is 0 Å². The van der Waals surface area contributed by atoms with Crippen molar-refractivity contribution in [3.05, 3.63) is 0 Å². The Morgan fingerprint density at radius 3 is 2.06 bits per heavy atom. The number of unbranched alkanes of at least 4 members (excludes halogenated alkanes) is 1. The van der Waals surface area contributed by atoms with Crippen LogP contribution in [0, 0.1) is 0 Å². The molecule has 9 heteroatoms. The van der Waals surface area contributed by atoms with Crippen molar-refractivity contribution in [3.63, 3.8) is 0 Å². The SMILES string of the molecule is CCCC[C@](CC)(OS(=O)(=O)C(F)(F)F)C(=O)O. The van der Waals surface area contributed by atoms with E-state index in [2.05, 4.69) is 4.18 Å². The van der Waals surface area contributed by atoms with Crippen LogP contribution in [-0.4, -0.2) is 30.6 Å². The van der Waals surface area contributed by atoms with E-state index in [-0.39, 0.29) is 19.3 Å². The molecule has 0 aromatic rings. The van der Waals surface area contributed by atoms with E-state index in [4.69, 9.17) is 5.11 Å². The number of hydrogen-bond acceptors (Lipinski definition) is 4. The molecule has 0 amide bonds. The Morgan fingerprint density at radius 1 is 1.28 bits per heavy atom. The molecular formula is C9H15F3O5S. The lowest BCUT2D eigenvalue weighted by molar-refractivity contribution is -0.157. The Kier molecular flexibility index (Phi) is 5.60. The minimum Gasteiger partial charge on any atom is -0.479 e. The molecule has 108 valence electrons. The fourth-order valence-electron chi connectivity index (χ4n) is 1.29. The van der Waals surface area contributed by atoms with Gasteiger partial charge in [0.25, 0.3) is 0 Å². The zero-order chi connectivity index (χ0) is 14.6. The molecule has 0 saturated heterocycles. The quantitative estimate of drug-likeness (QED) is 0.575. The Morgan fingerprint density at radius 2 is 1.78 bits per heavy atom. The highest BCUT2D eigenvalue weighted by Crippen LogP contribution is 2.33. The standard InChI is InChI=1S/C9H15F3O5S/c1-3-5-6-8(4-2,7(13)14)17-18(15,16)9(10,11)12/h3-6H2,1-2H3,(H,13,14)/t8-/m0/s1. The molecular weight excluding hydrogens is 277 g/mol. The van der Waals surface area contributed by atoms with Gasteiger partial charge in [0.1, 0.15) is 0 Å². The van der Waals surface area contributed by atoms with Crippen LogP contribution in [0.3, 0.4) is 0 Å². The first-order valence-corrected chi connectivity index (χ1v) is 6.68. The molecule has 0 aliphatic heterocycles. The Hall–Kier alpha value is -0.830. The van der Waals surface area contributed by atoms with Crippen molar-refractivity contribution in [2.45, 2.75) is 50.6 Å². The number of aliphatic carboxylic acids is 1. The van der Waals surface area contributed by atoms with E-state index < -0.39 is 27.2 Å². The fraction of sp³-hybridized carbons (Fsp3) is 0.889. The van der Waals surface area contributed by atoms with Gasteiger partial charge in [0, 0.05) is 0 Å². The number of alkyl halides is 3. The molecule has 0 aromatic carbocycles. The normalized spacial score (nSPS) is 16.3. The Bertz CT molecular complexity index is 389. The third-order valence-electron chi connectivity index (χ3n) is 2.45. The number of hydrogen-bond donors (Lipinski definition) is 1. The van der Waals surface area contributed by atoms with Gasteiger partial charge in [0.15, 0.2) is 5.60 Å². The molecule has 0 fully saturated rings. The highest BCUT2D eigenvalue weighted by Gasteiger charge is 2.53. The van der Waals surface area contributed by atoms with Gasteiger partial charge in [-0.05, 0) is 12.8 Å². The molecule has 0 rings (SSSR count). The van der Waals surface area contributed by atoms with Crippen LogP contribution in [0.5, 0.6) is 0 Å². The third-order valence-corrected chi connectivity index (χ3v) is 3.55. The lowest BCUT2D eigenvalue weighted by atomic mass is 9.94. The van der Waals surface area contributed by atoms with E-state index in [9.17, 15) is 26.4 Å². The summed E-state index contributed by atoms with van der Waals surface area (Å²) >= 11 is 0. The number of carbonyl (C=O) groups is 1. The number of carboxylic acid groups (broad SMARTS) is 1. The first-order chi connectivity index (χ1) is 8.02. The predicted octanol–water partition coefficient (Wildman–Crippen LogP) is 2.28. The van der Waals surface area contributed by atoms with Gasteiger partial charge in [-0.15, -0.1) is 0 Å². The largest absolute Gasteiger partial charge is 0.523 e. The number of halogens is 3. The maximum Gasteiger partial charge on any atom is 0.523 e. The zero-order valence-corrected chi connectivity index (χ0v) is 10.8. The monoisotopic (exact) mass is 292 g/mol. The van der Waals surface area contributed by atoms with E-state index in [1.165, 1.54) is 6.92 Å². The third kappa shape index (κ3) is 3.84. The van der Waals surface area contributed by atoms with Crippen LogP contribution in [0.2, 0.25) is 0 Å². The first-order valence-electron chi connectivity index (χ1n) is 5.27. The van der Waals surface area contributed by atoms with E-state index in [1.54, 1.807) is 6.92 Å². The van der Waals surface area contributed by atoms with E-state index in [0.29, 0.717) is 6.42 Å². The first kappa shape index (κ1) is 17.2. The van der Waals surface area contributed by atoms with Crippen LogP contribution in [0.4, 0.5) is 13.2 Å². The van der Waals surface area contributed by atoms with Crippen molar-refractivity contribution >= 4 is 16.1 Å². The van der Waals surface area contributed by atoms with Gasteiger partial charge in [-0.2, -0.15) is 21.6 Å². The smallest absolute Gasteiger partial charge is 0.479 e. The minimum absolute atomic E-state index is 0.244. The molecule has 0 aliphatic carbocycles. The summed E-state index contributed by atoms with van der Waals surface area (Å²) in [5.41, 5.74) is -7.99. The highest BCUT2D eigenvalue weighted by atomic mass is 32.2. The lowest BCUT2D eigenvalue weighted by Crippen LogP contribution is -2.45. The summed E-state index contributed by atoms with van der Waals surface area (Å²) < 4.78 is 62.3. The Labute approximate surface area is 103 Å². The maximum absolute atomic E-state index is 12.2. The summed E-state index contributed by atoms with van der Waals surface area (Å²) in [5, 5.41) is 8.92. The van der Waals surface area contributed by atoms with Gasteiger partial charge in [0.2, 0.25) is 0 Å². The van der Waals surface area contributed by atoms with Gasteiger partial charge in [-0.1, -0.05) is 26.7 Å². The molecule has 0 radical (unpaired) electrons. The number of rotatable bonds is 7.